The fraction of sp³-hybridized carbons (Fsp3) is 0.944. The lowest BCUT2D eigenvalue weighted by atomic mass is 10.0. The van der Waals surface area contributed by atoms with E-state index in [1.807, 2.05) is 0 Å². The molecule has 0 saturated heterocycles. The van der Waals surface area contributed by atoms with Crippen LogP contribution in [0.3, 0.4) is 0 Å². The van der Waals surface area contributed by atoms with E-state index in [2.05, 4.69) is 31.3 Å². The number of carbonyl (C=O) groups excluding carboxylic acids is 2. The predicted octanol–water partition coefficient (Wildman–Crippen LogP) is 23.1. The minimum atomic E-state index is -0.662. The van der Waals surface area contributed by atoms with E-state index in [-0.39, 0.29) is 18.5 Å². The molecule has 0 aromatic rings. The van der Waals surface area contributed by atoms with Gasteiger partial charge >= 0.3 is 5.97 Å². The molecule has 78 heavy (non-hydrogen) atoms. The summed E-state index contributed by atoms with van der Waals surface area (Å²) in [6, 6.07) is -0.539. The first-order valence-corrected chi connectivity index (χ1v) is 35.9. The normalized spacial score (nSPS) is 12.5. The van der Waals surface area contributed by atoms with Crippen molar-refractivity contribution in [3.8, 4) is 0 Å². The molecule has 464 valence electrons. The largest absolute Gasteiger partial charge is 0.466 e. The topological polar surface area (TPSA) is 95.9 Å². The van der Waals surface area contributed by atoms with Gasteiger partial charge in [-0.15, -0.1) is 0 Å². The lowest BCUT2D eigenvalue weighted by Gasteiger charge is -2.22. The summed E-state index contributed by atoms with van der Waals surface area (Å²) in [5.41, 5.74) is 0. The zero-order valence-corrected chi connectivity index (χ0v) is 53.2. The number of rotatable bonds is 68. The van der Waals surface area contributed by atoms with Crippen molar-refractivity contribution in [2.45, 2.75) is 424 Å². The van der Waals surface area contributed by atoms with E-state index in [0.29, 0.717) is 25.9 Å². The standard InChI is InChI=1S/C72H141NO5/c1-3-5-7-9-11-13-15-17-18-19-31-34-37-41-44-48-52-56-60-64-70(75)69(68-74)73-71(76)65-61-57-53-49-45-42-38-35-32-29-27-25-23-21-20-22-24-26-28-30-33-36-39-43-47-51-55-59-63-67-78-72(77)66-62-58-54-50-46-40-16-14-12-10-8-6-4-2/h14,16,69-70,74-75H,3-13,15,17-68H2,1-2H3,(H,73,76)/b16-14-. The number of hydrogen-bond donors (Lipinski definition) is 3. The Bertz CT molecular complexity index is 1180. The van der Waals surface area contributed by atoms with Gasteiger partial charge in [0.1, 0.15) is 0 Å². The van der Waals surface area contributed by atoms with E-state index >= 15 is 0 Å². The van der Waals surface area contributed by atoms with Gasteiger partial charge in [0.25, 0.3) is 0 Å². The van der Waals surface area contributed by atoms with Crippen LogP contribution in [0.25, 0.3) is 0 Å². The van der Waals surface area contributed by atoms with E-state index in [4.69, 9.17) is 4.74 Å². The quantitative estimate of drug-likeness (QED) is 0.0320. The summed E-state index contributed by atoms with van der Waals surface area (Å²) >= 11 is 0. The Morgan fingerprint density at radius 2 is 0.603 bits per heavy atom. The molecule has 3 N–H and O–H groups in total. The van der Waals surface area contributed by atoms with Crippen LogP contribution >= 0.6 is 0 Å². The Morgan fingerprint density at radius 1 is 0.346 bits per heavy atom. The number of hydrogen-bond acceptors (Lipinski definition) is 5. The van der Waals surface area contributed by atoms with Crippen molar-refractivity contribution in [3.63, 3.8) is 0 Å². The highest BCUT2D eigenvalue weighted by molar-refractivity contribution is 5.76. The van der Waals surface area contributed by atoms with Gasteiger partial charge in [-0.2, -0.15) is 0 Å². The van der Waals surface area contributed by atoms with Crippen molar-refractivity contribution in [2.24, 2.45) is 0 Å². The zero-order valence-electron chi connectivity index (χ0n) is 53.2. The third kappa shape index (κ3) is 63.8. The van der Waals surface area contributed by atoms with Crippen LogP contribution in [0.1, 0.15) is 412 Å². The third-order valence-corrected chi connectivity index (χ3v) is 17.1. The molecule has 0 rings (SSSR count). The van der Waals surface area contributed by atoms with Crippen LogP contribution in [0.5, 0.6) is 0 Å². The molecule has 0 heterocycles. The van der Waals surface area contributed by atoms with Gasteiger partial charge in [0, 0.05) is 12.8 Å². The Hall–Kier alpha value is -1.40. The molecular formula is C72H141NO5. The fourth-order valence-corrected chi connectivity index (χ4v) is 11.6. The van der Waals surface area contributed by atoms with Crippen LogP contribution in [-0.2, 0) is 14.3 Å². The lowest BCUT2D eigenvalue weighted by molar-refractivity contribution is -0.143. The van der Waals surface area contributed by atoms with Gasteiger partial charge < -0.3 is 20.3 Å². The number of ether oxygens (including phenoxy) is 1. The smallest absolute Gasteiger partial charge is 0.305 e. The zero-order chi connectivity index (χ0) is 56.4. The number of nitrogens with one attached hydrogen (secondary N) is 1. The second-order valence-corrected chi connectivity index (χ2v) is 24.9. The van der Waals surface area contributed by atoms with Gasteiger partial charge in [0.2, 0.25) is 5.91 Å². The maximum atomic E-state index is 12.5. The number of amides is 1. The van der Waals surface area contributed by atoms with Crippen LogP contribution in [0.4, 0.5) is 0 Å². The molecule has 0 spiro atoms. The average molecular weight is 1100 g/mol. The minimum Gasteiger partial charge on any atom is -0.466 e. The average Bonchev–Trinajstić information content (AvgIpc) is 3.44. The first-order valence-electron chi connectivity index (χ1n) is 35.9. The first kappa shape index (κ1) is 76.6. The monoisotopic (exact) mass is 1100 g/mol. The number of unbranched alkanes of at least 4 members (excludes halogenated alkanes) is 55. The Balaban J connectivity index is 3.34. The van der Waals surface area contributed by atoms with Gasteiger partial charge in [-0.25, -0.2) is 0 Å². The molecule has 0 aliphatic heterocycles. The van der Waals surface area contributed by atoms with Gasteiger partial charge in [-0.1, -0.05) is 360 Å². The van der Waals surface area contributed by atoms with E-state index in [9.17, 15) is 19.8 Å². The fourth-order valence-electron chi connectivity index (χ4n) is 11.6. The number of aliphatic hydroxyl groups excluding tert-OH is 2. The Labute approximate surface area is 489 Å². The van der Waals surface area contributed by atoms with Crippen LogP contribution in [0, 0.1) is 0 Å². The molecule has 0 aliphatic carbocycles. The molecule has 1 amide bonds. The summed E-state index contributed by atoms with van der Waals surface area (Å²) in [5.74, 6) is -0.0157. The second kappa shape index (κ2) is 68.1. The molecule has 0 aromatic carbocycles. The van der Waals surface area contributed by atoms with Gasteiger partial charge in [0.05, 0.1) is 25.4 Å². The van der Waals surface area contributed by atoms with Crippen molar-refractivity contribution in [1.29, 1.82) is 0 Å². The van der Waals surface area contributed by atoms with Crippen molar-refractivity contribution in [3.05, 3.63) is 12.2 Å². The van der Waals surface area contributed by atoms with Gasteiger partial charge in [-0.05, 0) is 51.4 Å². The SMILES string of the molecule is CCCCCC/C=C\CCCCCCCC(=O)OCCCCCCCCCCCCCCCCCCCCCCCCCCCCCCCC(=O)NC(CO)C(O)CCCCCCCCCCCCCCCCCCCCC. The number of esters is 1. The summed E-state index contributed by atoms with van der Waals surface area (Å²) in [4.78, 5) is 24.6. The van der Waals surface area contributed by atoms with E-state index in [1.165, 1.54) is 334 Å². The number of carbonyl (C=O) groups is 2. The van der Waals surface area contributed by atoms with E-state index < -0.39 is 12.1 Å². The van der Waals surface area contributed by atoms with Crippen LogP contribution in [0.15, 0.2) is 12.2 Å². The minimum absolute atomic E-state index is 0.0111. The molecule has 2 atom stereocenters. The number of allylic oxidation sites excluding steroid dienone is 2. The van der Waals surface area contributed by atoms with Gasteiger partial charge in [0.15, 0.2) is 0 Å². The first-order chi connectivity index (χ1) is 38.5. The lowest BCUT2D eigenvalue weighted by Crippen LogP contribution is -2.45. The molecule has 6 nitrogen and oxygen atoms in total. The summed E-state index contributed by atoms with van der Waals surface area (Å²) in [5, 5.41) is 23.4. The summed E-state index contributed by atoms with van der Waals surface area (Å²) in [7, 11) is 0. The molecule has 6 heteroatoms. The highest BCUT2D eigenvalue weighted by Crippen LogP contribution is 2.19. The van der Waals surface area contributed by atoms with Crippen molar-refractivity contribution in [1.82, 2.24) is 5.32 Å². The van der Waals surface area contributed by atoms with E-state index in [1.54, 1.807) is 0 Å². The molecular weight excluding hydrogens is 959 g/mol. The summed E-state index contributed by atoms with van der Waals surface area (Å²) in [6.07, 6.45) is 84.1. The molecule has 2 unspecified atom stereocenters. The van der Waals surface area contributed by atoms with Gasteiger partial charge in [-0.3, -0.25) is 9.59 Å². The molecule has 0 aromatic heterocycles. The Kier molecular flexibility index (Phi) is 66.9. The van der Waals surface area contributed by atoms with Crippen LogP contribution in [0.2, 0.25) is 0 Å². The maximum Gasteiger partial charge on any atom is 0.305 e. The van der Waals surface area contributed by atoms with Crippen LogP contribution in [-0.4, -0.2) is 47.4 Å². The molecule has 0 aliphatic rings. The number of aliphatic hydroxyl groups is 2. The molecule has 0 radical (unpaired) electrons. The molecule has 0 fully saturated rings. The molecule has 0 bridgehead atoms. The second-order valence-electron chi connectivity index (χ2n) is 24.9. The highest BCUT2D eigenvalue weighted by atomic mass is 16.5. The predicted molar refractivity (Wildman–Crippen MR) is 343 cm³/mol. The maximum absolute atomic E-state index is 12.5. The third-order valence-electron chi connectivity index (χ3n) is 17.1. The van der Waals surface area contributed by atoms with Crippen LogP contribution < -0.4 is 5.32 Å². The van der Waals surface area contributed by atoms with Crippen molar-refractivity contribution >= 4 is 11.9 Å². The summed E-state index contributed by atoms with van der Waals surface area (Å²) < 4.78 is 5.48. The van der Waals surface area contributed by atoms with E-state index in [0.717, 1.165) is 44.9 Å². The Morgan fingerprint density at radius 3 is 0.923 bits per heavy atom. The van der Waals surface area contributed by atoms with Crippen molar-refractivity contribution < 1.29 is 24.5 Å². The van der Waals surface area contributed by atoms with Crippen molar-refractivity contribution in [2.75, 3.05) is 13.2 Å². The highest BCUT2D eigenvalue weighted by Gasteiger charge is 2.20. The summed E-state index contributed by atoms with van der Waals surface area (Å²) in [6.45, 7) is 4.98. The molecule has 0 saturated carbocycles.